The number of carbonyl (C=O) groups is 2. The Kier molecular flexibility index (Phi) is 6.52. The van der Waals surface area contributed by atoms with Crippen molar-refractivity contribution < 1.29 is 24.5 Å². The van der Waals surface area contributed by atoms with Crippen molar-refractivity contribution >= 4 is 12.1 Å². The highest BCUT2D eigenvalue weighted by Crippen LogP contribution is 2.05. The monoisotopic (exact) mass is 248 g/mol. The van der Waals surface area contributed by atoms with E-state index in [1.165, 1.54) is 0 Å². The van der Waals surface area contributed by atoms with Crippen LogP contribution >= 0.6 is 0 Å². The van der Waals surface area contributed by atoms with Gasteiger partial charge in [0.25, 0.3) is 0 Å². The maximum atomic E-state index is 11.2. The van der Waals surface area contributed by atoms with Gasteiger partial charge in [-0.05, 0) is 20.8 Å². The standard InChI is InChI=1S/C10H20N2O5/c1-10(2,3)17-9(16)12-5-4-11-7(6-13)8(14)15/h7,11,13H,4-6H2,1-3H3,(H,12,16)(H,14,15)/t7-/m1/s1. The van der Waals surface area contributed by atoms with Crippen LogP contribution in [0, 0.1) is 0 Å². The van der Waals surface area contributed by atoms with Crippen molar-refractivity contribution in [1.82, 2.24) is 10.6 Å². The van der Waals surface area contributed by atoms with Crippen molar-refractivity contribution in [1.29, 1.82) is 0 Å². The lowest BCUT2D eigenvalue weighted by Crippen LogP contribution is -2.44. The number of ether oxygens (including phenoxy) is 1. The number of carboxylic acids is 1. The number of carboxylic acid groups (broad SMARTS) is 1. The molecule has 1 amide bonds. The predicted molar refractivity (Wildman–Crippen MR) is 60.7 cm³/mol. The zero-order chi connectivity index (χ0) is 13.5. The first kappa shape index (κ1) is 15.7. The second-order valence-corrected chi connectivity index (χ2v) is 4.46. The highest BCUT2D eigenvalue weighted by atomic mass is 16.6. The summed E-state index contributed by atoms with van der Waals surface area (Å²) in [7, 11) is 0. The number of alkyl carbamates (subject to hydrolysis) is 1. The molecule has 0 aromatic heterocycles. The molecule has 0 saturated carbocycles. The van der Waals surface area contributed by atoms with E-state index in [4.69, 9.17) is 14.9 Å². The van der Waals surface area contributed by atoms with Gasteiger partial charge in [0.2, 0.25) is 0 Å². The van der Waals surface area contributed by atoms with Gasteiger partial charge >= 0.3 is 12.1 Å². The van der Waals surface area contributed by atoms with Crippen LogP contribution in [0.15, 0.2) is 0 Å². The average molecular weight is 248 g/mol. The number of aliphatic hydroxyl groups excluding tert-OH is 1. The maximum absolute atomic E-state index is 11.2. The number of hydrogen-bond donors (Lipinski definition) is 4. The summed E-state index contributed by atoms with van der Waals surface area (Å²) >= 11 is 0. The summed E-state index contributed by atoms with van der Waals surface area (Å²) in [6.45, 7) is 5.20. The van der Waals surface area contributed by atoms with Crippen LogP contribution in [-0.2, 0) is 9.53 Å². The summed E-state index contributed by atoms with van der Waals surface area (Å²) in [5, 5.41) is 22.3. The molecule has 7 heteroatoms. The van der Waals surface area contributed by atoms with Crippen molar-refractivity contribution in [3.8, 4) is 0 Å². The zero-order valence-electron chi connectivity index (χ0n) is 10.3. The van der Waals surface area contributed by atoms with Crippen molar-refractivity contribution in [2.24, 2.45) is 0 Å². The molecular weight excluding hydrogens is 228 g/mol. The molecule has 0 unspecified atom stereocenters. The van der Waals surface area contributed by atoms with Crippen molar-refractivity contribution in [2.45, 2.75) is 32.4 Å². The quantitative estimate of drug-likeness (QED) is 0.474. The van der Waals surface area contributed by atoms with E-state index in [0.717, 1.165) is 0 Å². The third-order valence-electron chi connectivity index (χ3n) is 1.66. The number of aliphatic hydroxyl groups is 1. The molecule has 0 heterocycles. The van der Waals surface area contributed by atoms with Gasteiger partial charge in [-0.2, -0.15) is 0 Å². The SMILES string of the molecule is CC(C)(C)OC(=O)NCCN[C@H](CO)C(=O)O. The van der Waals surface area contributed by atoms with Crippen molar-refractivity contribution in [3.05, 3.63) is 0 Å². The Bertz CT molecular complexity index is 262. The average Bonchev–Trinajstić information content (AvgIpc) is 2.14. The Morgan fingerprint density at radius 3 is 2.29 bits per heavy atom. The minimum Gasteiger partial charge on any atom is -0.480 e. The van der Waals surface area contributed by atoms with E-state index >= 15 is 0 Å². The molecule has 0 aliphatic carbocycles. The van der Waals surface area contributed by atoms with E-state index < -0.39 is 30.3 Å². The van der Waals surface area contributed by atoms with Gasteiger partial charge in [0.15, 0.2) is 0 Å². The third kappa shape index (κ3) is 8.47. The fourth-order valence-corrected chi connectivity index (χ4v) is 0.955. The third-order valence-corrected chi connectivity index (χ3v) is 1.66. The number of amides is 1. The summed E-state index contributed by atoms with van der Waals surface area (Å²) in [4.78, 5) is 21.7. The van der Waals surface area contributed by atoms with Gasteiger partial charge in [-0.3, -0.25) is 4.79 Å². The first-order valence-electron chi connectivity index (χ1n) is 5.30. The predicted octanol–water partition coefficient (Wildman–Crippen LogP) is -0.454. The second-order valence-electron chi connectivity index (χ2n) is 4.46. The van der Waals surface area contributed by atoms with Crippen LogP contribution in [0.5, 0.6) is 0 Å². The molecule has 0 aromatic rings. The highest BCUT2D eigenvalue weighted by molar-refractivity contribution is 5.73. The zero-order valence-corrected chi connectivity index (χ0v) is 10.3. The van der Waals surface area contributed by atoms with E-state index in [1.54, 1.807) is 20.8 Å². The fourth-order valence-electron chi connectivity index (χ4n) is 0.955. The molecule has 0 aromatic carbocycles. The summed E-state index contributed by atoms with van der Waals surface area (Å²) in [5.41, 5.74) is -0.563. The van der Waals surface area contributed by atoms with Crippen molar-refractivity contribution in [3.63, 3.8) is 0 Å². The molecule has 0 saturated heterocycles. The van der Waals surface area contributed by atoms with Gasteiger partial charge in [0.05, 0.1) is 6.61 Å². The van der Waals surface area contributed by atoms with E-state index in [0.29, 0.717) is 0 Å². The molecule has 17 heavy (non-hydrogen) atoms. The molecule has 0 rings (SSSR count). The van der Waals surface area contributed by atoms with Crippen LogP contribution in [0.3, 0.4) is 0 Å². The second kappa shape index (κ2) is 7.08. The fraction of sp³-hybridized carbons (Fsp3) is 0.800. The Morgan fingerprint density at radius 1 is 1.29 bits per heavy atom. The first-order chi connectivity index (χ1) is 7.76. The van der Waals surface area contributed by atoms with Crippen LogP contribution in [0.4, 0.5) is 4.79 Å². The number of nitrogens with one attached hydrogen (secondary N) is 2. The van der Waals surface area contributed by atoms with Gasteiger partial charge in [0.1, 0.15) is 11.6 Å². The normalized spacial score (nSPS) is 12.9. The molecule has 100 valence electrons. The lowest BCUT2D eigenvalue weighted by atomic mass is 10.2. The van der Waals surface area contributed by atoms with Gasteiger partial charge in [-0.25, -0.2) is 4.79 Å². The van der Waals surface area contributed by atoms with Crippen molar-refractivity contribution in [2.75, 3.05) is 19.7 Å². The van der Waals surface area contributed by atoms with Crippen LogP contribution < -0.4 is 10.6 Å². The first-order valence-corrected chi connectivity index (χ1v) is 5.30. The Hall–Kier alpha value is -1.34. The summed E-state index contributed by atoms with van der Waals surface area (Å²) in [6.07, 6.45) is -0.560. The lowest BCUT2D eigenvalue weighted by molar-refractivity contribution is -0.140. The summed E-state index contributed by atoms with van der Waals surface area (Å²) < 4.78 is 4.98. The molecule has 0 spiro atoms. The summed E-state index contributed by atoms with van der Waals surface area (Å²) in [6, 6.07) is -1.02. The van der Waals surface area contributed by atoms with Crippen LogP contribution in [0.2, 0.25) is 0 Å². The minimum atomic E-state index is -1.13. The smallest absolute Gasteiger partial charge is 0.407 e. The number of carbonyl (C=O) groups excluding carboxylic acids is 1. The molecule has 1 atom stereocenters. The van der Waals surface area contributed by atoms with Gasteiger partial charge < -0.3 is 25.6 Å². The van der Waals surface area contributed by atoms with Crippen LogP contribution in [0.1, 0.15) is 20.8 Å². The number of hydrogen-bond acceptors (Lipinski definition) is 5. The summed E-state index contributed by atoms with van der Waals surface area (Å²) in [5.74, 6) is -1.13. The number of aliphatic carboxylic acids is 1. The van der Waals surface area contributed by atoms with Gasteiger partial charge in [-0.1, -0.05) is 0 Å². The number of rotatable bonds is 6. The molecular formula is C10H20N2O5. The molecule has 7 nitrogen and oxygen atoms in total. The largest absolute Gasteiger partial charge is 0.480 e. The molecule has 4 N–H and O–H groups in total. The highest BCUT2D eigenvalue weighted by Gasteiger charge is 2.17. The van der Waals surface area contributed by atoms with E-state index in [-0.39, 0.29) is 13.1 Å². The molecule has 0 radical (unpaired) electrons. The van der Waals surface area contributed by atoms with Gasteiger partial charge in [-0.15, -0.1) is 0 Å². The Morgan fingerprint density at radius 2 is 1.88 bits per heavy atom. The molecule has 0 bridgehead atoms. The van der Waals surface area contributed by atoms with Crippen LogP contribution in [-0.4, -0.2) is 53.6 Å². The van der Waals surface area contributed by atoms with Gasteiger partial charge in [0, 0.05) is 13.1 Å². The van der Waals surface area contributed by atoms with Crippen LogP contribution in [0.25, 0.3) is 0 Å². The Balaban J connectivity index is 3.71. The molecule has 0 aliphatic rings. The Labute approximate surface area is 100 Å². The molecule has 0 aliphatic heterocycles. The van der Waals surface area contributed by atoms with E-state index in [9.17, 15) is 9.59 Å². The van der Waals surface area contributed by atoms with E-state index in [1.807, 2.05) is 0 Å². The molecule has 0 fully saturated rings. The van der Waals surface area contributed by atoms with E-state index in [2.05, 4.69) is 10.6 Å². The maximum Gasteiger partial charge on any atom is 0.407 e. The minimum absolute atomic E-state index is 0.221. The lowest BCUT2D eigenvalue weighted by Gasteiger charge is -2.20. The topological polar surface area (TPSA) is 108 Å².